The van der Waals surface area contributed by atoms with Crippen molar-refractivity contribution in [3.8, 4) is 11.6 Å². The number of nitrogens with zero attached hydrogens (tertiary/aromatic N) is 1. The number of rotatable bonds is 4. The standard InChI is InChI=1S/C19H11Br2Cl2N3O3/c20-13-9-24-18(15(21)16(13)23)29-11-5-3-4-10(8-11)25-19(28)26-17(27)12-6-1-2-7-14(12)22/h1-9H,(H2,25,26,27,28). The zero-order valence-electron chi connectivity index (χ0n) is 14.4. The van der Waals surface area contributed by atoms with Crippen molar-refractivity contribution in [1.82, 2.24) is 10.3 Å². The van der Waals surface area contributed by atoms with Crippen LogP contribution in [-0.4, -0.2) is 16.9 Å². The molecule has 0 atom stereocenters. The molecule has 1 heterocycles. The van der Waals surface area contributed by atoms with Crippen molar-refractivity contribution in [3.63, 3.8) is 0 Å². The summed E-state index contributed by atoms with van der Waals surface area (Å²) in [4.78, 5) is 28.5. The SMILES string of the molecule is O=C(NC(=O)c1ccccc1Cl)Nc1cccc(Oc2ncc(Br)c(Cl)c2Br)c1. The van der Waals surface area contributed by atoms with E-state index >= 15 is 0 Å². The Morgan fingerprint density at radius 1 is 1.03 bits per heavy atom. The second-order valence-electron chi connectivity index (χ2n) is 5.56. The van der Waals surface area contributed by atoms with Crippen LogP contribution in [0.1, 0.15) is 10.4 Å². The fourth-order valence-electron chi connectivity index (χ4n) is 2.23. The van der Waals surface area contributed by atoms with Crippen LogP contribution in [0.5, 0.6) is 11.6 Å². The summed E-state index contributed by atoms with van der Waals surface area (Å²) in [5.74, 6) is 0.0543. The summed E-state index contributed by atoms with van der Waals surface area (Å²) >= 11 is 18.7. The smallest absolute Gasteiger partial charge is 0.326 e. The highest BCUT2D eigenvalue weighted by molar-refractivity contribution is 9.11. The van der Waals surface area contributed by atoms with Crippen molar-refractivity contribution in [1.29, 1.82) is 0 Å². The van der Waals surface area contributed by atoms with E-state index in [4.69, 9.17) is 27.9 Å². The molecule has 2 aromatic carbocycles. The summed E-state index contributed by atoms with van der Waals surface area (Å²) in [6.45, 7) is 0. The Kier molecular flexibility index (Phi) is 7.13. The Labute approximate surface area is 192 Å². The van der Waals surface area contributed by atoms with Crippen LogP contribution in [-0.2, 0) is 0 Å². The molecule has 0 bridgehead atoms. The average Bonchev–Trinajstić information content (AvgIpc) is 2.69. The maximum Gasteiger partial charge on any atom is 0.326 e. The molecule has 0 saturated heterocycles. The number of benzene rings is 2. The number of urea groups is 1. The van der Waals surface area contributed by atoms with Gasteiger partial charge >= 0.3 is 6.03 Å². The number of carbonyl (C=O) groups is 2. The summed E-state index contributed by atoms with van der Waals surface area (Å²) in [6.07, 6.45) is 1.51. The molecule has 148 valence electrons. The van der Waals surface area contributed by atoms with E-state index in [1.807, 2.05) is 0 Å². The molecule has 0 aliphatic carbocycles. The van der Waals surface area contributed by atoms with Gasteiger partial charge in [-0.25, -0.2) is 9.78 Å². The van der Waals surface area contributed by atoms with Crippen LogP contribution in [0.15, 0.2) is 63.7 Å². The molecule has 6 nitrogen and oxygen atoms in total. The van der Waals surface area contributed by atoms with Crippen molar-refractivity contribution in [2.45, 2.75) is 0 Å². The van der Waals surface area contributed by atoms with Crippen molar-refractivity contribution < 1.29 is 14.3 Å². The minimum atomic E-state index is -0.710. The van der Waals surface area contributed by atoms with Crippen LogP contribution >= 0.6 is 55.1 Å². The molecule has 0 spiro atoms. The predicted octanol–water partition coefficient (Wildman–Crippen LogP) is 6.67. The number of imide groups is 1. The summed E-state index contributed by atoms with van der Waals surface area (Å²) < 4.78 is 6.81. The number of ether oxygens (including phenoxy) is 1. The molecule has 0 fully saturated rings. The van der Waals surface area contributed by atoms with Gasteiger partial charge in [0.2, 0.25) is 5.88 Å². The maximum atomic E-state index is 12.2. The van der Waals surface area contributed by atoms with E-state index in [1.165, 1.54) is 12.3 Å². The number of hydrogen-bond donors (Lipinski definition) is 2. The van der Waals surface area contributed by atoms with E-state index < -0.39 is 11.9 Å². The molecule has 0 aliphatic heterocycles. The third-order valence-corrected chi connectivity index (χ3v) is 6.05. The van der Waals surface area contributed by atoms with Crippen LogP contribution in [0.4, 0.5) is 10.5 Å². The van der Waals surface area contributed by atoms with Gasteiger partial charge in [0.15, 0.2) is 0 Å². The van der Waals surface area contributed by atoms with Crippen LogP contribution in [0.2, 0.25) is 10.0 Å². The molecular formula is C19H11Br2Cl2N3O3. The van der Waals surface area contributed by atoms with E-state index in [1.54, 1.807) is 42.5 Å². The average molecular weight is 560 g/mol. The van der Waals surface area contributed by atoms with Gasteiger partial charge in [-0.15, -0.1) is 0 Å². The lowest BCUT2D eigenvalue weighted by Gasteiger charge is -2.11. The zero-order chi connectivity index (χ0) is 21.0. The van der Waals surface area contributed by atoms with Gasteiger partial charge in [0.05, 0.1) is 24.6 Å². The number of carbonyl (C=O) groups excluding carboxylic acids is 2. The van der Waals surface area contributed by atoms with Gasteiger partial charge in [0, 0.05) is 18.0 Å². The molecule has 0 saturated carbocycles. The first-order valence-electron chi connectivity index (χ1n) is 7.99. The Hall–Kier alpha value is -2.13. The molecule has 0 unspecified atom stereocenters. The summed E-state index contributed by atoms with van der Waals surface area (Å²) in [7, 11) is 0. The van der Waals surface area contributed by atoms with Gasteiger partial charge in [-0.05, 0) is 56.1 Å². The Bertz CT molecular complexity index is 1100. The molecule has 3 rings (SSSR count). The number of pyridine rings is 1. The summed E-state index contributed by atoms with van der Waals surface area (Å²) in [5, 5.41) is 5.45. The molecule has 0 radical (unpaired) electrons. The highest BCUT2D eigenvalue weighted by Crippen LogP contribution is 2.37. The maximum absolute atomic E-state index is 12.2. The summed E-state index contributed by atoms with van der Waals surface area (Å²) in [5.41, 5.74) is 0.607. The van der Waals surface area contributed by atoms with Crippen molar-refractivity contribution in [2.24, 2.45) is 0 Å². The lowest BCUT2D eigenvalue weighted by Crippen LogP contribution is -2.34. The predicted molar refractivity (Wildman–Crippen MR) is 119 cm³/mol. The second kappa shape index (κ2) is 9.58. The molecule has 0 aliphatic rings. The first-order chi connectivity index (χ1) is 13.8. The fourth-order valence-corrected chi connectivity index (χ4v) is 3.54. The number of anilines is 1. The Balaban J connectivity index is 1.68. The minimum Gasteiger partial charge on any atom is -0.438 e. The highest BCUT2D eigenvalue weighted by atomic mass is 79.9. The monoisotopic (exact) mass is 557 g/mol. The lowest BCUT2D eigenvalue weighted by molar-refractivity contribution is 0.0967. The normalized spacial score (nSPS) is 10.3. The van der Waals surface area contributed by atoms with Gasteiger partial charge in [-0.3, -0.25) is 10.1 Å². The second-order valence-corrected chi connectivity index (χ2v) is 7.99. The number of aromatic nitrogens is 1. The van der Waals surface area contributed by atoms with Gasteiger partial charge in [-0.1, -0.05) is 41.4 Å². The van der Waals surface area contributed by atoms with E-state index in [0.29, 0.717) is 25.4 Å². The van der Waals surface area contributed by atoms with Crippen molar-refractivity contribution in [3.05, 3.63) is 79.3 Å². The van der Waals surface area contributed by atoms with E-state index in [0.717, 1.165) is 0 Å². The topological polar surface area (TPSA) is 80.3 Å². The molecule has 10 heteroatoms. The van der Waals surface area contributed by atoms with Crippen molar-refractivity contribution >= 4 is 72.7 Å². The summed E-state index contributed by atoms with van der Waals surface area (Å²) in [6, 6.07) is 12.3. The van der Waals surface area contributed by atoms with Crippen LogP contribution in [0.25, 0.3) is 0 Å². The molecule has 29 heavy (non-hydrogen) atoms. The van der Waals surface area contributed by atoms with E-state index in [9.17, 15) is 9.59 Å². The van der Waals surface area contributed by atoms with Gasteiger partial charge in [0.1, 0.15) is 5.75 Å². The van der Waals surface area contributed by atoms with Crippen LogP contribution in [0, 0.1) is 0 Å². The van der Waals surface area contributed by atoms with E-state index in [-0.39, 0.29) is 16.5 Å². The third kappa shape index (κ3) is 5.48. The highest BCUT2D eigenvalue weighted by Gasteiger charge is 2.14. The molecule has 1 aromatic heterocycles. The van der Waals surface area contributed by atoms with Gasteiger partial charge in [0.25, 0.3) is 5.91 Å². The molecule has 3 aromatic rings. The van der Waals surface area contributed by atoms with Gasteiger partial charge in [-0.2, -0.15) is 0 Å². The van der Waals surface area contributed by atoms with E-state index in [2.05, 4.69) is 47.5 Å². The minimum absolute atomic E-state index is 0.199. The molecule has 3 amide bonds. The fraction of sp³-hybridized carbons (Fsp3) is 0. The number of nitrogens with one attached hydrogen (secondary N) is 2. The number of hydrogen-bond acceptors (Lipinski definition) is 4. The first-order valence-corrected chi connectivity index (χ1v) is 10.3. The quantitative estimate of drug-likeness (QED) is 0.374. The lowest BCUT2D eigenvalue weighted by atomic mass is 10.2. The first kappa shape index (κ1) is 21.6. The third-order valence-electron chi connectivity index (χ3n) is 3.54. The number of amides is 3. The largest absolute Gasteiger partial charge is 0.438 e. The Morgan fingerprint density at radius 3 is 2.55 bits per heavy atom. The van der Waals surface area contributed by atoms with Crippen LogP contribution < -0.4 is 15.4 Å². The number of halogens is 4. The van der Waals surface area contributed by atoms with Crippen molar-refractivity contribution in [2.75, 3.05) is 5.32 Å². The molecule has 2 N–H and O–H groups in total. The molecular weight excluding hydrogens is 549 g/mol. The van der Waals surface area contributed by atoms with Crippen LogP contribution in [0.3, 0.4) is 0 Å². The van der Waals surface area contributed by atoms with Gasteiger partial charge < -0.3 is 10.1 Å². The zero-order valence-corrected chi connectivity index (χ0v) is 19.1. The Morgan fingerprint density at radius 2 is 1.79 bits per heavy atom.